The van der Waals surface area contributed by atoms with E-state index in [2.05, 4.69) is 125 Å². The molecule has 0 bridgehead atoms. The predicted molar refractivity (Wildman–Crippen MR) is 318 cm³/mol. The molecule has 0 amide bonds. The van der Waals surface area contributed by atoms with Crippen LogP contribution in [-0.4, -0.2) is 62.1 Å². The predicted octanol–water partition coefficient (Wildman–Crippen LogP) is 16.9. The topological polar surface area (TPSA) is 69.7 Å². The van der Waals surface area contributed by atoms with E-state index in [1.165, 1.54) is 135 Å². The first-order chi connectivity index (χ1) is 34.2. The summed E-state index contributed by atoms with van der Waals surface area (Å²) in [7, 11) is 6.17. The van der Waals surface area contributed by atoms with Gasteiger partial charge in [-0.1, -0.05) is 277 Å². The molecule has 0 aliphatic rings. The molecule has 0 saturated heterocycles. The lowest BCUT2D eigenvalue weighted by molar-refractivity contribution is -0.924. The highest BCUT2D eigenvalue weighted by molar-refractivity contribution is 5.80. The van der Waals surface area contributed by atoms with Crippen molar-refractivity contribution in [3.8, 4) is 0 Å². The van der Waals surface area contributed by atoms with Gasteiger partial charge in [0.2, 0.25) is 0 Å². The van der Waals surface area contributed by atoms with Gasteiger partial charge in [-0.2, -0.15) is 0 Å². The van der Waals surface area contributed by atoms with E-state index < -0.39 is 5.54 Å². The Bertz CT molecular complexity index is 1290. The number of ether oxygens (including phenoxy) is 2. The number of nitrogens with zero attached hydrogens (tertiary/aromatic N) is 1. The summed E-state index contributed by atoms with van der Waals surface area (Å²) in [5.74, 6) is 7.43. The van der Waals surface area contributed by atoms with E-state index in [0.717, 1.165) is 74.0 Å². The number of hydrogen-bond donors (Lipinski definition) is 0. The Morgan fingerprint density at radius 3 is 0.743 bits per heavy atom. The van der Waals surface area contributed by atoms with Crippen molar-refractivity contribution in [3.63, 3.8) is 0 Å². The Labute approximate surface area is 470 Å². The molecule has 9 atom stereocenters. The minimum Gasteiger partial charge on any atom is -1.00 e. The Balaban J connectivity index is 0. The van der Waals surface area contributed by atoms with Crippen LogP contribution in [0, 0.1) is 71.0 Å². The van der Waals surface area contributed by atoms with E-state index in [1.807, 2.05) is 0 Å². The molecule has 0 saturated carbocycles. The zero-order chi connectivity index (χ0) is 55.4. The van der Waals surface area contributed by atoms with Gasteiger partial charge in [-0.05, 0) is 71.0 Å². The molecule has 442 valence electrons. The van der Waals surface area contributed by atoms with Gasteiger partial charge in [0.1, 0.15) is 19.0 Å². The molecule has 0 aromatic carbocycles. The quantitative estimate of drug-likeness (QED) is 0.0448. The van der Waals surface area contributed by atoms with Crippen molar-refractivity contribution in [2.75, 3.05) is 34.4 Å². The Kier molecular flexibility index (Phi) is 44.3. The lowest BCUT2D eigenvalue weighted by Crippen LogP contribution is -3.00. The van der Waals surface area contributed by atoms with Gasteiger partial charge in [0.05, 0.1) is 27.6 Å². The molecule has 74 heavy (non-hydrogen) atoms. The van der Waals surface area contributed by atoms with Crippen molar-refractivity contribution >= 4 is 17.7 Å². The van der Waals surface area contributed by atoms with Crippen molar-refractivity contribution in [1.29, 1.82) is 0 Å². The maximum absolute atomic E-state index is 14.2. The lowest BCUT2D eigenvalue weighted by atomic mass is 9.86. The second-order valence-electron chi connectivity index (χ2n) is 28.4. The second kappa shape index (κ2) is 43.7. The first kappa shape index (κ1) is 74.9. The van der Waals surface area contributed by atoms with Crippen LogP contribution >= 0.6 is 0 Å². The van der Waals surface area contributed by atoms with E-state index in [1.54, 1.807) is 0 Å². The summed E-state index contributed by atoms with van der Waals surface area (Å²) in [4.78, 5) is 41.4. The van der Waals surface area contributed by atoms with E-state index in [4.69, 9.17) is 9.47 Å². The van der Waals surface area contributed by atoms with E-state index in [-0.39, 0.29) is 67.5 Å². The average Bonchev–Trinajstić information content (AvgIpc) is 3.26. The molecule has 0 N–H and O–H groups in total. The summed E-state index contributed by atoms with van der Waals surface area (Å²) in [6.45, 7) is 35.1. The number of likely N-dealkylation sites (N-methyl/N-ethyl adjacent to an activating group) is 1. The molecule has 9 unspecified atom stereocenters. The summed E-state index contributed by atoms with van der Waals surface area (Å²) in [6, 6.07) is 0. The van der Waals surface area contributed by atoms with Crippen LogP contribution in [0.5, 0.6) is 0 Å². The van der Waals surface area contributed by atoms with Crippen LogP contribution in [0.3, 0.4) is 0 Å². The SMILES string of the molecule is CC(C)CCCC(C)CCCC(C)CCCC(C)CC(=O)CC(COC(=O)CC(C)CCCC(C)CCCC(C)CCCC(C)C)(COC(=O)CC(C)CCCC(C)CCCC(C)CCCC(C)C)[N+](C)(C)C.[Cl-]. The maximum atomic E-state index is 14.2. The summed E-state index contributed by atoms with van der Waals surface area (Å²) in [5.41, 5.74) is -0.877. The minimum absolute atomic E-state index is 0. The number of esters is 2. The van der Waals surface area contributed by atoms with Gasteiger partial charge < -0.3 is 26.4 Å². The van der Waals surface area contributed by atoms with Gasteiger partial charge in [-0.3, -0.25) is 14.4 Å². The molecule has 6 nitrogen and oxygen atoms in total. The summed E-state index contributed by atoms with van der Waals surface area (Å²) < 4.78 is 12.7. The lowest BCUT2D eigenvalue weighted by Gasteiger charge is -2.45. The largest absolute Gasteiger partial charge is 1.00 e. The minimum atomic E-state index is -0.877. The standard InChI is InChI=1S/C67H132NO5.ClH/c1-52(2)28-19-31-55(7)34-22-37-58(10)40-25-43-61(13)46-64(69)49-67(68(16,17)18,50-72-65(70)47-62(14)44-26-41-59(11)38-23-35-56(8)32-20-29-53(3)4)51-73-66(71)48-63(15)45-27-42-60(12)39-24-36-57(9)33-21-30-54(5)6;/h52-63H,19-51H2,1-18H3;1H/q+1;/p-1. The average molecular weight is 1070 g/mol. The number of halogens is 1. The fraction of sp³-hybridized carbons (Fsp3) is 0.955. The second-order valence-corrected chi connectivity index (χ2v) is 28.4. The Morgan fingerprint density at radius 1 is 0.324 bits per heavy atom. The Morgan fingerprint density at radius 2 is 0.527 bits per heavy atom. The number of Topliss-reactive ketones (excluding diaryl/α,β-unsaturated/α-hetero) is 1. The Hall–Kier alpha value is -1.14. The number of quaternary nitrogens is 1. The smallest absolute Gasteiger partial charge is 0.306 e. The van der Waals surface area contributed by atoms with Crippen LogP contribution in [0.2, 0.25) is 0 Å². The molecule has 0 spiro atoms. The van der Waals surface area contributed by atoms with Crippen LogP contribution < -0.4 is 12.4 Å². The fourth-order valence-corrected chi connectivity index (χ4v) is 11.4. The van der Waals surface area contributed by atoms with Crippen molar-refractivity contribution in [2.24, 2.45) is 71.0 Å². The van der Waals surface area contributed by atoms with E-state index >= 15 is 0 Å². The van der Waals surface area contributed by atoms with Gasteiger partial charge in [0, 0.05) is 19.3 Å². The summed E-state index contributed by atoms with van der Waals surface area (Å²) in [5, 5.41) is 0. The summed E-state index contributed by atoms with van der Waals surface area (Å²) in [6.07, 6.45) is 35.4. The molecule has 7 heteroatoms. The molecule has 0 aromatic rings. The van der Waals surface area contributed by atoms with Gasteiger partial charge >= 0.3 is 11.9 Å². The number of carbonyl (C=O) groups excluding carboxylic acids is 3. The number of ketones is 1. The molecule has 0 fully saturated rings. The zero-order valence-corrected chi connectivity index (χ0v) is 53.9. The first-order valence-electron chi connectivity index (χ1n) is 31.9. The third kappa shape index (κ3) is 41.9. The van der Waals surface area contributed by atoms with Gasteiger partial charge in [-0.25, -0.2) is 0 Å². The zero-order valence-electron chi connectivity index (χ0n) is 53.1. The normalized spacial score (nSPS) is 16.7. The van der Waals surface area contributed by atoms with E-state index in [0.29, 0.717) is 41.5 Å². The molecule has 0 aliphatic heterocycles. The number of hydrogen-bond acceptors (Lipinski definition) is 5. The summed E-state index contributed by atoms with van der Waals surface area (Å²) >= 11 is 0. The molecule has 0 aliphatic carbocycles. The highest BCUT2D eigenvalue weighted by atomic mass is 35.5. The molecule has 0 rings (SSSR count). The molecule has 0 radical (unpaired) electrons. The van der Waals surface area contributed by atoms with Crippen molar-refractivity contribution in [1.82, 2.24) is 0 Å². The molecule has 0 heterocycles. The third-order valence-corrected chi connectivity index (χ3v) is 17.4. The van der Waals surface area contributed by atoms with Gasteiger partial charge in [0.15, 0.2) is 5.54 Å². The highest BCUT2D eigenvalue weighted by Crippen LogP contribution is 2.31. The third-order valence-electron chi connectivity index (χ3n) is 17.4. The van der Waals surface area contributed by atoms with Crippen LogP contribution in [0.4, 0.5) is 0 Å². The van der Waals surface area contributed by atoms with Crippen LogP contribution in [-0.2, 0) is 23.9 Å². The van der Waals surface area contributed by atoms with Gasteiger partial charge in [-0.15, -0.1) is 0 Å². The van der Waals surface area contributed by atoms with Crippen LogP contribution in [0.25, 0.3) is 0 Å². The van der Waals surface area contributed by atoms with E-state index in [9.17, 15) is 14.4 Å². The molecular formula is C67H132ClNO5. The van der Waals surface area contributed by atoms with Crippen LogP contribution in [0.1, 0.15) is 303 Å². The monoisotopic (exact) mass is 1070 g/mol. The highest BCUT2D eigenvalue weighted by Gasteiger charge is 2.48. The molecule has 0 aromatic heterocycles. The number of carbonyl (C=O) groups is 3. The fourth-order valence-electron chi connectivity index (χ4n) is 11.4. The van der Waals surface area contributed by atoms with Crippen molar-refractivity contribution in [2.45, 2.75) is 308 Å². The maximum Gasteiger partial charge on any atom is 0.306 e. The molecular weight excluding hydrogens is 934 g/mol. The van der Waals surface area contributed by atoms with Gasteiger partial charge in [0.25, 0.3) is 0 Å². The van der Waals surface area contributed by atoms with Crippen molar-refractivity contribution in [3.05, 3.63) is 0 Å². The first-order valence-corrected chi connectivity index (χ1v) is 31.9. The van der Waals surface area contributed by atoms with Crippen LogP contribution in [0.15, 0.2) is 0 Å². The number of rotatable bonds is 49. The van der Waals surface area contributed by atoms with Crippen molar-refractivity contribution < 1.29 is 40.7 Å².